The van der Waals surface area contributed by atoms with Crippen molar-refractivity contribution in [1.29, 1.82) is 0 Å². The SMILES string of the molecule is CC1(C)[C@@H]2CC[C@@]1(C)[C@@H](NCc1ccc(CNc3ccc(C4CCC(=O)NC4=O)cc3)cc1)C2. The smallest absolute Gasteiger partial charge is 0.234 e. The van der Waals surface area contributed by atoms with Gasteiger partial charge in [-0.15, -0.1) is 0 Å². The molecule has 2 aliphatic carbocycles. The quantitative estimate of drug-likeness (QED) is 0.503. The molecule has 0 aromatic heterocycles. The van der Waals surface area contributed by atoms with Crippen molar-refractivity contribution in [2.75, 3.05) is 5.32 Å². The maximum Gasteiger partial charge on any atom is 0.234 e. The fourth-order valence-corrected chi connectivity index (χ4v) is 6.58. The number of rotatable bonds is 7. The highest BCUT2D eigenvalue weighted by Gasteiger charge is 2.60. The average Bonchev–Trinajstić information content (AvgIpc) is 3.16. The topological polar surface area (TPSA) is 70.2 Å². The second-order valence-corrected chi connectivity index (χ2v) is 11.3. The van der Waals surface area contributed by atoms with E-state index in [-0.39, 0.29) is 17.7 Å². The number of fused-ring (bicyclic) bond motifs is 2. The van der Waals surface area contributed by atoms with Crippen LogP contribution in [0.4, 0.5) is 5.69 Å². The molecule has 2 bridgehead atoms. The van der Waals surface area contributed by atoms with E-state index < -0.39 is 0 Å². The molecule has 3 N–H and O–H groups in total. The Balaban J connectivity index is 1.11. The number of carbonyl (C=O) groups is 2. The van der Waals surface area contributed by atoms with Gasteiger partial charge in [-0.25, -0.2) is 0 Å². The predicted molar refractivity (Wildman–Crippen MR) is 135 cm³/mol. The van der Waals surface area contributed by atoms with Gasteiger partial charge in [-0.05, 0) is 71.3 Å². The summed E-state index contributed by atoms with van der Waals surface area (Å²) < 4.78 is 0. The minimum Gasteiger partial charge on any atom is -0.381 e. The fraction of sp³-hybridized carbons (Fsp3) is 0.517. The van der Waals surface area contributed by atoms with E-state index in [1.54, 1.807) is 0 Å². The summed E-state index contributed by atoms with van der Waals surface area (Å²) in [5.41, 5.74) is 5.41. The largest absolute Gasteiger partial charge is 0.381 e. The molecular formula is C29H37N3O2. The van der Waals surface area contributed by atoms with Gasteiger partial charge >= 0.3 is 0 Å². The molecule has 3 aliphatic rings. The van der Waals surface area contributed by atoms with Gasteiger partial charge in [0.1, 0.15) is 0 Å². The summed E-state index contributed by atoms with van der Waals surface area (Å²) in [4.78, 5) is 23.4. The predicted octanol–water partition coefficient (Wildman–Crippen LogP) is 5.12. The van der Waals surface area contributed by atoms with Crippen molar-refractivity contribution in [3.8, 4) is 0 Å². The van der Waals surface area contributed by atoms with Gasteiger partial charge in [-0.2, -0.15) is 0 Å². The van der Waals surface area contributed by atoms with Crippen molar-refractivity contribution in [3.63, 3.8) is 0 Å². The van der Waals surface area contributed by atoms with Crippen LogP contribution in [0.25, 0.3) is 0 Å². The first kappa shape index (κ1) is 23.1. The van der Waals surface area contributed by atoms with E-state index in [4.69, 9.17) is 0 Å². The molecule has 1 saturated heterocycles. The lowest BCUT2D eigenvalue weighted by atomic mass is 9.69. The first-order valence-electron chi connectivity index (χ1n) is 12.7. The summed E-state index contributed by atoms with van der Waals surface area (Å²) in [6.07, 6.45) is 5.04. The molecule has 180 valence electrons. The molecule has 3 fully saturated rings. The van der Waals surface area contributed by atoms with Crippen LogP contribution in [-0.2, 0) is 22.7 Å². The Labute approximate surface area is 203 Å². The lowest BCUT2D eigenvalue weighted by molar-refractivity contribution is -0.134. The number of benzene rings is 2. The van der Waals surface area contributed by atoms with Crippen molar-refractivity contribution >= 4 is 17.5 Å². The van der Waals surface area contributed by atoms with Crippen LogP contribution in [0.1, 0.15) is 75.5 Å². The van der Waals surface area contributed by atoms with Crippen LogP contribution in [-0.4, -0.2) is 17.9 Å². The maximum atomic E-state index is 12.1. The highest BCUT2D eigenvalue weighted by molar-refractivity contribution is 6.00. The number of anilines is 1. The number of piperidine rings is 1. The Morgan fingerprint density at radius 2 is 1.59 bits per heavy atom. The molecule has 5 rings (SSSR count). The van der Waals surface area contributed by atoms with Crippen molar-refractivity contribution in [2.45, 2.75) is 77.9 Å². The molecule has 2 amide bonds. The van der Waals surface area contributed by atoms with Crippen LogP contribution in [0.5, 0.6) is 0 Å². The molecule has 1 aliphatic heterocycles. The second-order valence-electron chi connectivity index (χ2n) is 11.3. The minimum atomic E-state index is -0.235. The zero-order valence-corrected chi connectivity index (χ0v) is 20.6. The molecule has 1 unspecified atom stereocenters. The molecule has 0 radical (unpaired) electrons. The summed E-state index contributed by atoms with van der Waals surface area (Å²) in [7, 11) is 0. The van der Waals surface area contributed by atoms with Crippen molar-refractivity contribution in [2.24, 2.45) is 16.7 Å². The highest BCUT2D eigenvalue weighted by atomic mass is 16.2. The average molecular weight is 460 g/mol. The maximum absolute atomic E-state index is 12.1. The van der Waals surface area contributed by atoms with E-state index in [1.807, 2.05) is 24.3 Å². The van der Waals surface area contributed by atoms with Crippen molar-refractivity contribution < 1.29 is 9.59 Å². The lowest BCUT2D eigenvalue weighted by Gasteiger charge is -2.39. The van der Waals surface area contributed by atoms with Gasteiger partial charge in [0.05, 0.1) is 5.92 Å². The number of nitrogens with one attached hydrogen (secondary N) is 3. The van der Waals surface area contributed by atoms with Crippen LogP contribution in [0.2, 0.25) is 0 Å². The van der Waals surface area contributed by atoms with Crippen LogP contribution >= 0.6 is 0 Å². The van der Waals surface area contributed by atoms with E-state index >= 15 is 0 Å². The summed E-state index contributed by atoms with van der Waals surface area (Å²) in [6, 6.07) is 17.5. The molecule has 2 aromatic rings. The molecule has 5 nitrogen and oxygen atoms in total. The third-order valence-corrected chi connectivity index (χ3v) is 9.42. The molecule has 1 heterocycles. The Morgan fingerprint density at radius 3 is 2.18 bits per heavy atom. The molecule has 5 heteroatoms. The number of carbonyl (C=O) groups excluding carboxylic acids is 2. The van der Waals surface area contributed by atoms with Gasteiger partial charge < -0.3 is 10.6 Å². The second kappa shape index (κ2) is 8.84. The number of amides is 2. The van der Waals surface area contributed by atoms with E-state index in [9.17, 15) is 9.59 Å². The Morgan fingerprint density at radius 1 is 0.912 bits per heavy atom. The lowest BCUT2D eigenvalue weighted by Crippen LogP contribution is -2.44. The van der Waals surface area contributed by atoms with Crippen LogP contribution < -0.4 is 16.0 Å². The Bertz CT molecular complexity index is 1060. The van der Waals surface area contributed by atoms with Gasteiger partial charge in [0, 0.05) is 31.2 Å². The molecule has 0 spiro atoms. The Kier molecular flexibility index (Phi) is 6.01. The van der Waals surface area contributed by atoms with Gasteiger partial charge in [-0.3, -0.25) is 14.9 Å². The molecule has 34 heavy (non-hydrogen) atoms. The normalized spacial score (nSPS) is 29.8. The molecule has 2 aromatic carbocycles. The first-order chi connectivity index (χ1) is 16.3. The highest BCUT2D eigenvalue weighted by Crippen LogP contribution is 2.65. The summed E-state index contributed by atoms with van der Waals surface area (Å²) in [6.45, 7) is 9.11. The zero-order chi connectivity index (χ0) is 23.9. The number of imide groups is 1. The summed E-state index contributed by atoms with van der Waals surface area (Å²) >= 11 is 0. The van der Waals surface area contributed by atoms with E-state index in [0.29, 0.717) is 29.7 Å². The Hall–Kier alpha value is -2.66. The summed E-state index contributed by atoms with van der Waals surface area (Å²) in [5, 5.41) is 9.78. The number of hydrogen-bond donors (Lipinski definition) is 3. The number of hydrogen-bond acceptors (Lipinski definition) is 4. The molecular weight excluding hydrogens is 422 g/mol. The van der Waals surface area contributed by atoms with Gasteiger partial charge in [0.25, 0.3) is 0 Å². The van der Waals surface area contributed by atoms with Gasteiger partial charge in [0.2, 0.25) is 11.8 Å². The van der Waals surface area contributed by atoms with Crippen LogP contribution in [0.15, 0.2) is 48.5 Å². The van der Waals surface area contributed by atoms with Gasteiger partial charge in [0.15, 0.2) is 0 Å². The van der Waals surface area contributed by atoms with E-state index in [0.717, 1.165) is 30.3 Å². The van der Waals surface area contributed by atoms with Crippen LogP contribution in [0, 0.1) is 16.7 Å². The van der Waals surface area contributed by atoms with Crippen molar-refractivity contribution in [1.82, 2.24) is 10.6 Å². The first-order valence-corrected chi connectivity index (χ1v) is 12.7. The van der Waals surface area contributed by atoms with Crippen LogP contribution in [0.3, 0.4) is 0 Å². The molecule has 2 saturated carbocycles. The summed E-state index contributed by atoms with van der Waals surface area (Å²) in [5.74, 6) is 0.261. The fourth-order valence-electron chi connectivity index (χ4n) is 6.58. The monoisotopic (exact) mass is 459 g/mol. The third kappa shape index (κ3) is 4.15. The van der Waals surface area contributed by atoms with Gasteiger partial charge in [-0.1, -0.05) is 57.2 Å². The van der Waals surface area contributed by atoms with E-state index in [1.165, 1.54) is 30.4 Å². The zero-order valence-electron chi connectivity index (χ0n) is 20.6. The standard InChI is InChI=1S/C29H37N3O2/c1-28(2)22-14-15-29(28,3)25(16-22)31-18-20-6-4-19(5-7-20)17-30-23-10-8-21(9-11-23)24-12-13-26(33)32-27(24)34/h4-11,22,24-25,30-31H,12-18H2,1-3H3,(H,32,33,34)/t22-,24?,25+,29+/m1/s1. The minimum absolute atomic E-state index is 0.176. The third-order valence-electron chi connectivity index (χ3n) is 9.42. The van der Waals surface area contributed by atoms with E-state index in [2.05, 4.69) is 61.0 Å². The van der Waals surface area contributed by atoms with Crippen molar-refractivity contribution in [3.05, 3.63) is 65.2 Å². The molecule has 4 atom stereocenters.